The van der Waals surface area contributed by atoms with Gasteiger partial charge in [0.1, 0.15) is 0 Å². The summed E-state index contributed by atoms with van der Waals surface area (Å²) < 4.78 is 2.03. The lowest BCUT2D eigenvalue weighted by Gasteiger charge is -1.82. The smallest absolute Gasteiger partial charge is 0.266 e. The topological polar surface area (TPSA) is 47.3 Å². The maximum Gasteiger partial charge on any atom is 0.291 e. The second-order valence-electron chi connectivity index (χ2n) is 4.44. The van der Waals surface area contributed by atoms with Gasteiger partial charge in [0.15, 0.2) is 5.82 Å². The predicted octanol–water partition coefficient (Wildman–Crippen LogP) is 2.99. The highest BCUT2D eigenvalue weighted by Crippen LogP contribution is 2.13. The van der Waals surface area contributed by atoms with Crippen LogP contribution >= 0.6 is 34.0 Å². The van der Waals surface area contributed by atoms with Crippen molar-refractivity contribution in [1.82, 2.24) is 14.6 Å². The van der Waals surface area contributed by atoms with E-state index < -0.39 is 0 Å². The second kappa shape index (κ2) is 5.60. The summed E-state index contributed by atoms with van der Waals surface area (Å²) in [5.74, 6) is 0.555. The van der Waals surface area contributed by atoms with E-state index >= 15 is 0 Å². The molecule has 0 aliphatic heterocycles. The van der Waals surface area contributed by atoms with E-state index in [9.17, 15) is 4.79 Å². The Morgan fingerprint density at radius 2 is 1.82 bits per heavy atom. The third-order valence-corrected chi connectivity index (χ3v) is 5.57. The number of aromatic nitrogens is 3. The molecule has 0 bridgehead atoms. The van der Waals surface area contributed by atoms with Gasteiger partial charge in [-0.2, -0.15) is 9.50 Å². The molecule has 4 heterocycles. The number of rotatable bonds is 3. The highest BCUT2D eigenvalue weighted by atomic mass is 32.1. The summed E-state index contributed by atoms with van der Waals surface area (Å²) in [4.78, 5) is 19.5. The van der Waals surface area contributed by atoms with Gasteiger partial charge < -0.3 is 0 Å². The van der Waals surface area contributed by atoms with E-state index in [4.69, 9.17) is 0 Å². The predicted molar refractivity (Wildman–Crippen MR) is 93.5 cm³/mol. The molecule has 0 saturated carbocycles. The van der Waals surface area contributed by atoms with Gasteiger partial charge >= 0.3 is 0 Å². The molecule has 0 amide bonds. The van der Waals surface area contributed by atoms with Crippen molar-refractivity contribution in [3.05, 3.63) is 65.5 Å². The zero-order valence-electron chi connectivity index (χ0n) is 11.2. The summed E-state index contributed by atoms with van der Waals surface area (Å²) in [5, 5.41) is 8.27. The minimum absolute atomic E-state index is 0.114. The van der Waals surface area contributed by atoms with Crippen LogP contribution in [0.1, 0.15) is 15.6 Å². The lowest BCUT2D eigenvalue weighted by atomic mass is 10.4. The quantitative estimate of drug-likeness (QED) is 0.574. The number of thiophene rings is 2. The van der Waals surface area contributed by atoms with Gasteiger partial charge in [0.2, 0.25) is 4.96 Å². The number of fused-ring (bicyclic) bond motifs is 1. The fourth-order valence-electron chi connectivity index (χ4n) is 1.96. The molecule has 0 aromatic carbocycles. The van der Waals surface area contributed by atoms with E-state index in [0.717, 1.165) is 9.75 Å². The third kappa shape index (κ3) is 2.54. The maximum absolute atomic E-state index is 12.3. The van der Waals surface area contributed by atoms with Gasteiger partial charge in [-0.3, -0.25) is 4.79 Å². The summed E-state index contributed by atoms with van der Waals surface area (Å²) in [6, 6.07) is 7.96. The van der Waals surface area contributed by atoms with Crippen molar-refractivity contribution < 1.29 is 0 Å². The van der Waals surface area contributed by atoms with E-state index in [2.05, 4.69) is 10.1 Å². The Morgan fingerprint density at radius 1 is 1.05 bits per heavy atom. The van der Waals surface area contributed by atoms with E-state index in [1.807, 2.05) is 53.3 Å². The molecule has 108 valence electrons. The highest BCUT2D eigenvalue weighted by Gasteiger charge is 2.08. The van der Waals surface area contributed by atoms with E-state index in [1.165, 1.54) is 15.9 Å². The largest absolute Gasteiger partial charge is 0.291 e. The fourth-order valence-corrected chi connectivity index (χ4v) is 4.22. The molecule has 4 aromatic heterocycles. The molecule has 0 atom stereocenters. The van der Waals surface area contributed by atoms with Gasteiger partial charge in [0.05, 0.1) is 4.53 Å². The zero-order valence-corrected chi connectivity index (χ0v) is 13.6. The first-order chi connectivity index (χ1) is 10.8. The van der Waals surface area contributed by atoms with Crippen molar-refractivity contribution in [2.45, 2.75) is 0 Å². The summed E-state index contributed by atoms with van der Waals surface area (Å²) >= 11 is 4.61. The van der Waals surface area contributed by atoms with Crippen LogP contribution < -0.4 is 10.1 Å². The normalized spacial score (nSPS) is 12.8. The lowest BCUT2D eigenvalue weighted by molar-refractivity contribution is 0.925. The number of hydrogen-bond acceptors (Lipinski definition) is 6. The standard InChI is InChI=1S/C15H9N3OS3/c19-14-12(9-11-4-2-8-21-11)22-15-16-13(17-18(14)15)6-5-10-3-1-7-20-10/h1-9H/b6-5+,12-9-. The summed E-state index contributed by atoms with van der Waals surface area (Å²) in [5.41, 5.74) is -0.114. The van der Waals surface area contributed by atoms with Gasteiger partial charge in [0.25, 0.3) is 5.56 Å². The Labute approximate surface area is 137 Å². The molecule has 0 fully saturated rings. The summed E-state index contributed by atoms with van der Waals surface area (Å²) in [6.07, 6.45) is 5.66. The molecule has 0 spiro atoms. The molecule has 4 rings (SSSR count). The van der Waals surface area contributed by atoms with Crippen LogP contribution in [-0.2, 0) is 0 Å². The van der Waals surface area contributed by atoms with Crippen LogP contribution in [0.5, 0.6) is 0 Å². The van der Waals surface area contributed by atoms with Gasteiger partial charge in [-0.05, 0) is 41.1 Å². The molecule has 0 N–H and O–H groups in total. The first kappa shape index (κ1) is 13.6. The van der Waals surface area contributed by atoms with Gasteiger partial charge in [-0.25, -0.2) is 0 Å². The molecular formula is C15H9N3OS3. The number of nitrogens with zero attached hydrogens (tertiary/aromatic N) is 3. The van der Waals surface area contributed by atoms with E-state index in [1.54, 1.807) is 22.7 Å². The van der Waals surface area contributed by atoms with Crippen LogP contribution in [0.25, 0.3) is 23.2 Å². The van der Waals surface area contributed by atoms with E-state index in [-0.39, 0.29) is 5.56 Å². The molecule has 22 heavy (non-hydrogen) atoms. The maximum atomic E-state index is 12.3. The molecule has 0 unspecified atom stereocenters. The molecule has 4 nitrogen and oxygen atoms in total. The molecule has 0 aliphatic rings. The molecule has 7 heteroatoms. The molecule has 0 aliphatic carbocycles. The number of hydrogen-bond donors (Lipinski definition) is 0. The SMILES string of the molecule is O=c1/c(=C/c2cccs2)sc2nc(/C=C/c3cccs3)nn12. The van der Waals surface area contributed by atoms with Crippen molar-refractivity contribution in [1.29, 1.82) is 0 Å². The Hall–Kier alpha value is -2.09. The molecular weight excluding hydrogens is 334 g/mol. The first-order valence-corrected chi connectivity index (χ1v) is 9.03. The summed E-state index contributed by atoms with van der Waals surface area (Å²) in [7, 11) is 0. The Kier molecular flexibility index (Phi) is 3.45. The van der Waals surface area contributed by atoms with Crippen LogP contribution in [0, 0.1) is 0 Å². The zero-order chi connectivity index (χ0) is 14.9. The van der Waals surface area contributed by atoms with Crippen LogP contribution in [-0.4, -0.2) is 14.6 Å². The van der Waals surface area contributed by atoms with Crippen molar-refractivity contribution in [2.75, 3.05) is 0 Å². The van der Waals surface area contributed by atoms with Crippen molar-refractivity contribution in [3.63, 3.8) is 0 Å². The Bertz CT molecular complexity index is 1040. The fraction of sp³-hybridized carbons (Fsp3) is 0. The molecule has 4 aromatic rings. The molecule has 0 saturated heterocycles. The average Bonchev–Trinajstić information content (AvgIpc) is 3.27. The van der Waals surface area contributed by atoms with Crippen molar-refractivity contribution in [2.24, 2.45) is 0 Å². The monoisotopic (exact) mass is 343 g/mol. The van der Waals surface area contributed by atoms with Crippen LogP contribution in [0.2, 0.25) is 0 Å². The first-order valence-electron chi connectivity index (χ1n) is 6.46. The average molecular weight is 343 g/mol. The van der Waals surface area contributed by atoms with E-state index in [0.29, 0.717) is 15.3 Å². The summed E-state index contributed by atoms with van der Waals surface area (Å²) in [6.45, 7) is 0. The minimum Gasteiger partial charge on any atom is -0.266 e. The van der Waals surface area contributed by atoms with Gasteiger partial charge in [0, 0.05) is 9.75 Å². The van der Waals surface area contributed by atoms with Crippen LogP contribution in [0.4, 0.5) is 0 Å². The Balaban J connectivity index is 1.73. The Morgan fingerprint density at radius 3 is 2.50 bits per heavy atom. The second-order valence-corrected chi connectivity index (χ2v) is 7.41. The number of thiazole rings is 1. The minimum atomic E-state index is -0.114. The van der Waals surface area contributed by atoms with Crippen LogP contribution in [0.3, 0.4) is 0 Å². The third-order valence-electron chi connectivity index (χ3n) is 2.95. The molecule has 0 radical (unpaired) electrons. The van der Waals surface area contributed by atoms with Crippen LogP contribution in [0.15, 0.2) is 39.8 Å². The highest BCUT2D eigenvalue weighted by molar-refractivity contribution is 7.15. The van der Waals surface area contributed by atoms with Gasteiger partial charge in [-0.1, -0.05) is 23.5 Å². The van der Waals surface area contributed by atoms with Crippen molar-refractivity contribution in [3.8, 4) is 0 Å². The van der Waals surface area contributed by atoms with Gasteiger partial charge in [-0.15, -0.1) is 27.8 Å². The lowest BCUT2D eigenvalue weighted by Crippen LogP contribution is -2.23. The van der Waals surface area contributed by atoms with Crippen molar-refractivity contribution >= 4 is 57.2 Å².